The van der Waals surface area contributed by atoms with Gasteiger partial charge in [0.25, 0.3) is 5.91 Å². The smallest absolute Gasteiger partial charge is 0.257 e. The largest absolute Gasteiger partial charge is 0.338 e. The van der Waals surface area contributed by atoms with Crippen molar-refractivity contribution in [2.75, 3.05) is 13.1 Å². The van der Waals surface area contributed by atoms with Gasteiger partial charge in [-0.25, -0.2) is 0 Å². The minimum Gasteiger partial charge on any atom is -0.338 e. The number of carbonyl (C=O) groups excluding carboxylic acids is 1. The van der Waals surface area contributed by atoms with Gasteiger partial charge in [0.2, 0.25) is 0 Å². The molecule has 4 nitrogen and oxygen atoms in total. The fourth-order valence-electron chi connectivity index (χ4n) is 2.92. The quantitative estimate of drug-likeness (QED) is 0.864. The van der Waals surface area contributed by atoms with Crippen molar-refractivity contribution in [2.24, 2.45) is 0 Å². The molecule has 0 radical (unpaired) electrons. The van der Waals surface area contributed by atoms with Crippen LogP contribution in [0.15, 0.2) is 36.7 Å². The molecule has 1 amide bonds. The number of nitrogens with zero attached hydrogens (tertiary/aromatic N) is 3. The Morgan fingerprint density at radius 1 is 1.36 bits per heavy atom. The highest BCUT2D eigenvalue weighted by atomic mass is 35.5. The molecular formula is C17H20ClN3O. The molecule has 22 heavy (non-hydrogen) atoms. The summed E-state index contributed by atoms with van der Waals surface area (Å²) < 4.78 is 1.81. The Kier molecular flexibility index (Phi) is 4.21. The molecule has 5 heteroatoms. The molecule has 0 unspecified atom stereocenters. The van der Waals surface area contributed by atoms with Gasteiger partial charge in [-0.15, -0.1) is 0 Å². The van der Waals surface area contributed by atoms with Crippen molar-refractivity contribution in [1.82, 2.24) is 14.7 Å². The van der Waals surface area contributed by atoms with Gasteiger partial charge in [0.05, 0.1) is 11.8 Å². The average molecular weight is 318 g/mol. The van der Waals surface area contributed by atoms with Crippen LogP contribution in [-0.4, -0.2) is 33.7 Å². The molecule has 1 fully saturated rings. The van der Waals surface area contributed by atoms with E-state index in [2.05, 4.69) is 11.2 Å². The lowest BCUT2D eigenvalue weighted by Gasteiger charge is -2.16. The summed E-state index contributed by atoms with van der Waals surface area (Å²) in [5, 5.41) is 5.03. The Bertz CT molecular complexity index is 680. The third-order valence-corrected chi connectivity index (χ3v) is 4.54. The molecule has 0 saturated carbocycles. The molecule has 1 aromatic heterocycles. The number of hydrogen-bond donors (Lipinski definition) is 0. The highest BCUT2D eigenvalue weighted by molar-refractivity contribution is 6.31. The average Bonchev–Trinajstić information content (AvgIpc) is 3.17. The first-order chi connectivity index (χ1) is 10.6. The van der Waals surface area contributed by atoms with Crippen LogP contribution in [-0.2, 0) is 0 Å². The lowest BCUT2D eigenvalue weighted by Crippen LogP contribution is -2.28. The van der Waals surface area contributed by atoms with E-state index in [-0.39, 0.29) is 11.9 Å². The third kappa shape index (κ3) is 2.88. The first-order valence-corrected chi connectivity index (χ1v) is 8.02. The van der Waals surface area contributed by atoms with Gasteiger partial charge in [-0.05, 0) is 31.9 Å². The van der Waals surface area contributed by atoms with Crippen LogP contribution in [0.25, 0.3) is 0 Å². The SMILES string of the molecule is CC(C)n1cc(C(=O)N2CC[C@H](c3ccccc3Cl)C2)cn1. The number of likely N-dealkylation sites (tertiary alicyclic amines) is 1. The minimum atomic E-state index is 0.0569. The van der Waals surface area contributed by atoms with E-state index in [0.29, 0.717) is 11.5 Å². The molecule has 1 saturated heterocycles. The highest BCUT2D eigenvalue weighted by Crippen LogP contribution is 2.32. The molecular weight excluding hydrogens is 298 g/mol. The van der Waals surface area contributed by atoms with Crippen molar-refractivity contribution in [3.05, 3.63) is 52.8 Å². The molecule has 2 heterocycles. The summed E-state index contributed by atoms with van der Waals surface area (Å²) in [6.07, 6.45) is 4.44. The standard InChI is InChI=1S/C17H20ClN3O/c1-12(2)21-11-14(9-19-21)17(22)20-8-7-13(10-20)15-5-3-4-6-16(15)18/h3-6,9,11-13H,7-8,10H2,1-2H3/t13-/m0/s1. The van der Waals surface area contributed by atoms with Crippen LogP contribution < -0.4 is 0 Å². The van der Waals surface area contributed by atoms with E-state index >= 15 is 0 Å². The van der Waals surface area contributed by atoms with E-state index in [1.54, 1.807) is 6.20 Å². The molecule has 1 aromatic carbocycles. The maximum absolute atomic E-state index is 12.6. The zero-order chi connectivity index (χ0) is 15.7. The van der Waals surface area contributed by atoms with E-state index in [1.165, 1.54) is 0 Å². The predicted molar refractivity (Wildman–Crippen MR) is 87.3 cm³/mol. The van der Waals surface area contributed by atoms with Gasteiger partial charge in [0.15, 0.2) is 0 Å². The Hall–Kier alpha value is -1.81. The predicted octanol–water partition coefficient (Wildman–Crippen LogP) is 3.75. The molecule has 0 aliphatic carbocycles. The summed E-state index contributed by atoms with van der Waals surface area (Å²) in [6.45, 7) is 5.58. The van der Waals surface area contributed by atoms with Gasteiger partial charge in [-0.2, -0.15) is 5.10 Å². The van der Waals surface area contributed by atoms with Crippen LogP contribution in [0, 0.1) is 0 Å². The topological polar surface area (TPSA) is 38.1 Å². The number of amides is 1. The summed E-state index contributed by atoms with van der Waals surface area (Å²) in [4.78, 5) is 14.5. The zero-order valence-electron chi connectivity index (χ0n) is 12.9. The normalized spacial score (nSPS) is 18.2. The second-order valence-electron chi connectivity index (χ2n) is 6.06. The summed E-state index contributed by atoms with van der Waals surface area (Å²) in [5.74, 6) is 0.374. The number of halogens is 1. The van der Waals surface area contributed by atoms with E-state index in [9.17, 15) is 4.79 Å². The molecule has 116 valence electrons. The summed E-state index contributed by atoms with van der Waals surface area (Å²) in [6, 6.07) is 8.16. The van der Waals surface area contributed by atoms with Crippen LogP contribution in [0.5, 0.6) is 0 Å². The van der Waals surface area contributed by atoms with Crippen molar-refractivity contribution < 1.29 is 4.79 Å². The van der Waals surface area contributed by atoms with Gasteiger partial charge in [-0.1, -0.05) is 29.8 Å². The number of benzene rings is 1. The van der Waals surface area contributed by atoms with E-state index in [1.807, 2.05) is 47.8 Å². The molecule has 3 rings (SSSR count). The number of aromatic nitrogens is 2. The molecule has 0 spiro atoms. The number of carbonyl (C=O) groups is 1. The van der Waals surface area contributed by atoms with Crippen molar-refractivity contribution in [1.29, 1.82) is 0 Å². The fourth-order valence-corrected chi connectivity index (χ4v) is 3.21. The summed E-state index contributed by atoms with van der Waals surface area (Å²) in [7, 11) is 0. The molecule has 2 aromatic rings. The maximum Gasteiger partial charge on any atom is 0.257 e. The second kappa shape index (κ2) is 6.13. The molecule has 0 N–H and O–H groups in total. The van der Waals surface area contributed by atoms with Crippen molar-refractivity contribution in [3.8, 4) is 0 Å². The minimum absolute atomic E-state index is 0.0569. The fraction of sp³-hybridized carbons (Fsp3) is 0.412. The van der Waals surface area contributed by atoms with Crippen molar-refractivity contribution >= 4 is 17.5 Å². The first-order valence-electron chi connectivity index (χ1n) is 7.64. The van der Waals surface area contributed by atoms with Crippen molar-refractivity contribution in [3.63, 3.8) is 0 Å². The molecule has 0 bridgehead atoms. The Morgan fingerprint density at radius 3 is 2.82 bits per heavy atom. The Balaban J connectivity index is 1.72. The van der Waals surface area contributed by atoms with Crippen LogP contribution in [0.4, 0.5) is 0 Å². The van der Waals surface area contributed by atoms with Gasteiger partial charge in [-0.3, -0.25) is 9.48 Å². The third-order valence-electron chi connectivity index (χ3n) is 4.20. The van der Waals surface area contributed by atoms with Gasteiger partial charge in [0.1, 0.15) is 0 Å². The van der Waals surface area contributed by atoms with Gasteiger partial charge in [0, 0.05) is 36.3 Å². The van der Waals surface area contributed by atoms with E-state index in [4.69, 9.17) is 11.6 Å². The van der Waals surface area contributed by atoms with Crippen LogP contribution in [0.3, 0.4) is 0 Å². The van der Waals surface area contributed by atoms with Crippen LogP contribution in [0.2, 0.25) is 5.02 Å². The monoisotopic (exact) mass is 317 g/mol. The number of rotatable bonds is 3. The van der Waals surface area contributed by atoms with Gasteiger partial charge >= 0.3 is 0 Å². The number of hydrogen-bond acceptors (Lipinski definition) is 2. The summed E-state index contributed by atoms with van der Waals surface area (Å²) in [5.41, 5.74) is 1.80. The zero-order valence-corrected chi connectivity index (χ0v) is 13.6. The molecule has 1 aliphatic rings. The first kappa shape index (κ1) is 15.1. The lowest BCUT2D eigenvalue weighted by atomic mass is 9.98. The second-order valence-corrected chi connectivity index (χ2v) is 6.47. The maximum atomic E-state index is 12.6. The Labute approximate surface area is 135 Å². The summed E-state index contributed by atoms with van der Waals surface area (Å²) >= 11 is 6.27. The van der Waals surface area contributed by atoms with E-state index < -0.39 is 0 Å². The van der Waals surface area contributed by atoms with Crippen LogP contribution in [0.1, 0.15) is 48.1 Å². The highest BCUT2D eigenvalue weighted by Gasteiger charge is 2.29. The Morgan fingerprint density at radius 2 is 2.14 bits per heavy atom. The van der Waals surface area contributed by atoms with Crippen molar-refractivity contribution in [2.45, 2.75) is 32.2 Å². The lowest BCUT2D eigenvalue weighted by molar-refractivity contribution is 0.0790. The van der Waals surface area contributed by atoms with Gasteiger partial charge < -0.3 is 4.90 Å². The molecule has 1 aliphatic heterocycles. The van der Waals surface area contributed by atoms with Crippen LogP contribution >= 0.6 is 11.6 Å². The molecule has 1 atom stereocenters. The van der Waals surface area contributed by atoms with E-state index in [0.717, 1.165) is 30.1 Å².